The highest BCUT2D eigenvalue weighted by Crippen LogP contribution is 2.25. The van der Waals surface area contributed by atoms with Crippen LogP contribution in [0.5, 0.6) is 0 Å². The maximum absolute atomic E-state index is 13.0. The number of benzene rings is 2. The highest BCUT2D eigenvalue weighted by molar-refractivity contribution is 7.85. The van der Waals surface area contributed by atoms with E-state index in [1.54, 1.807) is 42.5 Å². The van der Waals surface area contributed by atoms with E-state index in [4.69, 9.17) is 4.55 Å². The molecular formula is C18H17NO7S. The van der Waals surface area contributed by atoms with Crippen molar-refractivity contribution in [3.05, 3.63) is 60.2 Å². The number of carbonyl (C=O) groups excluding carboxylic acids is 2. The van der Waals surface area contributed by atoms with Crippen molar-refractivity contribution < 1.29 is 32.5 Å². The highest BCUT2D eigenvalue weighted by atomic mass is 32.2. The van der Waals surface area contributed by atoms with E-state index in [0.717, 1.165) is 6.92 Å². The molecule has 27 heavy (non-hydrogen) atoms. The third-order valence-electron chi connectivity index (χ3n) is 3.77. The largest absolute Gasteiger partial charge is 0.480 e. The Kier molecular flexibility index (Phi) is 6.09. The number of carboxylic acids is 1. The van der Waals surface area contributed by atoms with Gasteiger partial charge in [0.15, 0.2) is 6.04 Å². The van der Waals surface area contributed by atoms with Crippen LogP contribution in [-0.2, 0) is 19.7 Å². The fourth-order valence-electron chi connectivity index (χ4n) is 2.63. The highest BCUT2D eigenvalue weighted by Gasteiger charge is 2.37. The minimum Gasteiger partial charge on any atom is -0.480 e. The zero-order chi connectivity index (χ0) is 20.2. The number of carbonyl (C=O) groups is 3. The molecule has 142 valence electrons. The Labute approximate surface area is 155 Å². The molecular weight excluding hydrogens is 374 g/mol. The Bertz CT molecular complexity index is 970. The predicted octanol–water partition coefficient (Wildman–Crippen LogP) is 1.68. The number of carboxylic acid groups (broad SMARTS) is 1. The minimum absolute atomic E-state index is 0.0282. The fraction of sp³-hybridized carbons (Fsp3) is 0.167. The van der Waals surface area contributed by atoms with Crippen molar-refractivity contribution in [3.8, 4) is 11.1 Å². The second kappa shape index (κ2) is 8.11. The van der Waals surface area contributed by atoms with Crippen LogP contribution in [0.2, 0.25) is 0 Å². The van der Waals surface area contributed by atoms with E-state index in [9.17, 15) is 27.9 Å². The topological polar surface area (TPSA) is 129 Å². The molecule has 0 radical (unpaired) electrons. The molecule has 0 aliphatic carbocycles. The van der Waals surface area contributed by atoms with E-state index in [2.05, 4.69) is 0 Å². The normalized spacial score (nSPS) is 12.2. The lowest BCUT2D eigenvalue weighted by Crippen LogP contribution is -2.51. The van der Waals surface area contributed by atoms with Gasteiger partial charge in [-0.15, -0.1) is 0 Å². The van der Waals surface area contributed by atoms with Crippen LogP contribution >= 0.6 is 0 Å². The summed E-state index contributed by atoms with van der Waals surface area (Å²) in [4.78, 5) is 36.8. The summed E-state index contributed by atoms with van der Waals surface area (Å²) < 4.78 is 31.3. The van der Waals surface area contributed by atoms with Crippen LogP contribution in [0.4, 0.5) is 0 Å². The second-order valence-electron chi connectivity index (χ2n) is 5.71. The summed E-state index contributed by atoms with van der Waals surface area (Å²) >= 11 is 0. The lowest BCUT2D eigenvalue weighted by molar-refractivity contribution is -0.146. The van der Waals surface area contributed by atoms with Gasteiger partial charge in [-0.1, -0.05) is 48.5 Å². The van der Waals surface area contributed by atoms with E-state index >= 15 is 0 Å². The summed E-state index contributed by atoms with van der Waals surface area (Å²) in [7, 11) is -4.75. The van der Waals surface area contributed by atoms with Crippen molar-refractivity contribution in [3.63, 3.8) is 0 Å². The van der Waals surface area contributed by atoms with Crippen molar-refractivity contribution in [2.24, 2.45) is 0 Å². The van der Waals surface area contributed by atoms with Gasteiger partial charge in [0, 0.05) is 12.5 Å². The van der Waals surface area contributed by atoms with Gasteiger partial charge in [0.25, 0.3) is 16.0 Å². The third-order valence-corrected chi connectivity index (χ3v) is 4.50. The van der Waals surface area contributed by atoms with Crippen molar-refractivity contribution in [2.75, 3.05) is 5.75 Å². The SMILES string of the molecule is CC(=O)N(C(=O)c1ccccc1-c1ccccc1)[C@@H](CS(=O)(=O)O)C(=O)O. The van der Waals surface area contributed by atoms with Gasteiger partial charge >= 0.3 is 5.97 Å². The van der Waals surface area contributed by atoms with Crippen LogP contribution < -0.4 is 0 Å². The molecule has 2 N–H and O–H groups in total. The van der Waals surface area contributed by atoms with Gasteiger partial charge in [0.05, 0.1) is 0 Å². The maximum Gasteiger partial charge on any atom is 0.328 e. The van der Waals surface area contributed by atoms with Crippen LogP contribution in [0.15, 0.2) is 54.6 Å². The zero-order valence-corrected chi connectivity index (χ0v) is 15.1. The van der Waals surface area contributed by atoms with E-state index in [-0.39, 0.29) is 5.56 Å². The molecule has 0 fully saturated rings. The molecule has 0 aliphatic rings. The first-order chi connectivity index (χ1) is 12.6. The molecule has 0 bridgehead atoms. The predicted molar refractivity (Wildman–Crippen MR) is 96.6 cm³/mol. The summed E-state index contributed by atoms with van der Waals surface area (Å²) in [5.74, 6) is -4.97. The van der Waals surface area contributed by atoms with Crippen molar-refractivity contribution in [1.29, 1.82) is 0 Å². The Hall–Kier alpha value is -3.04. The van der Waals surface area contributed by atoms with Gasteiger partial charge in [0.2, 0.25) is 5.91 Å². The maximum atomic E-state index is 13.0. The van der Waals surface area contributed by atoms with E-state index in [1.807, 2.05) is 0 Å². The van der Waals surface area contributed by atoms with Gasteiger partial charge < -0.3 is 5.11 Å². The van der Waals surface area contributed by atoms with Gasteiger partial charge in [-0.3, -0.25) is 19.0 Å². The number of nitrogens with zero attached hydrogens (tertiary/aromatic N) is 1. The number of hydrogen-bond donors (Lipinski definition) is 2. The first kappa shape index (κ1) is 20.3. The minimum atomic E-state index is -4.75. The van der Waals surface area contributed by atoms with Crippen molar-refractivity contribution in [2.45, 2.75) is 13.0 Å². The first-order valence-electron chi connectivity index (χ1n) is 7.78. The first-order valence-corrected chi connectivity index (χ1v) is 9.39. The van der Waals surface area contributed by atoms with Crippen LogP contribution in [0.3, 0.4) is 0 Å². The van der Waals surface area contributed by atoms with E-state index < -0.39 is 39.7 Å². The Morgan fingerprint density at radius 1 is 1.00 bits per heavy atom. The Morgan fingerprint density at radius 3 is 2.07 bits per heavy atom. The molecule has 2 amide bonds. The Balaban J connectivity index is 2.56. The lowest BCUT2D eigenvalue weighted by Gasteiger charge is -2.26. The number of hydrogen-bond acceptors (Lipinski definition) is 5. The third kappa shape index (κ3) is 4.99. The van der Waals surface area contributed by atoms with Crippen molar-refractivity contribution >= 4 is 27.9 Å². The monoisotopic (exact) mass is 391 g/mol. The number of imide groups is 1. The molecule has 0 saturated heterocycles. The van der Waals surface area contributed by atoms with Gasteiger partial charge in [0.1, 0.15) is 5.75 Å². The molecule has 0 saturated carbocycles. The van der Waals surface area contributed by atoms with Crippen LogP contribution in [-0.4, -0.2) is 52.6 Å². The van der Waals surface area contributed by atoms with Gasteiger partial charge in [-0.05, 0) is 17.2 Å². The average molecular weight is 391 g/mol. The number of amides is 2. The summed E-state index contributed by atoms with van der Waals surface area (Å²) in [6.45, 7) is 0.947. The summed E-state index contributed by atoms with van der Waals surface area (Å²) in [5, 5.41) is 9.32. The Morgan fingerprint density at radius 2 is 1.56 bits per heavy atom. The molecule has 2 aromatic rings. The molecule has 2 aromatic carbocycles. The summed E-state index contributed by atoms with van der Waals surface area (Å²) in [6, 6.07) is 12.9. The zero-order valence-electron chi connectivity index (χ0n) is 14.3. The molecule has 0 aliphatic heterocycles. The lowest BCUT2D eigenvalue weighted by atomic mass is 9.98. The summed E-state index contributed by atoms with van der Waals surface area (Å²) in [5.41, 5.74) is 1.14. The molecule has 9 heteroatoms. The van der Waals surface area contributed by atoms with E-state index in [0.29, 0.717) is 16.0 Å². The van der Waals surface area contributed by atoms with Crippen molar-refractivity contribution in [1.82, 2.24) is 4.90 Å². The van der Waals surface area contributed by atoms with Crippen LogP contribution in [0.25, 0.3) is 11.1 Å². The molecule has 8 nitrogen and oxygen atoms in total. The average Bonchev–Trinajstić information content (AvgIpc) is 2.60. The fourth-order valence-corrected chi connectivity index (χ4v) is 3.32. The molecule has 2 rings (SSSR count). The second-order valence-corrected chi connectivity index (χ2v) is 7.21. The molecule has 0 spiro atoms. The quantitative estimate of drug-likeness (QED) is 0.717. The van der Waals surface area contributed by atoms with Gasteiger partial charge in [-0.2, -0.15) is 8.42 Å². The molecule has 0 heterocycles. The number of aliphatic carboxylic acids is 1. The molecule has 1 atom stereocenters. The number of rotatable bonds is 6. The summed E-state index contributed by atoms with van der Waals surface area (Å²) in [6.07, 6.45) is 0. The molecule has 0 aromatic heterocycles. The molecule has 0 unspecified atom stereocenters. The van der Waals surface area contributed by atoms with Crippen LogP contribution in [0, 0.1) is 0 Å². The van der Waals surface area contributed by atoms with Gasteiger partial charge in [-0.25, -0.2) is 4.79 Å². The van der Waals surface area contributed by atoms with E-state index in [1.165, 1.54) is 12.1 Å². The van der Waals surface area contributed by atoms with Crippen LogP contribution in [0.1, 0.15) is 17.3 Å². The smallest absolute Gasteiger partial charge is 0.328 e. The standard InChI is InChI=1S/C18H17NO7S/c1-12(20)19(16(18(22)23)11-27(24,25)26)17(21)15-10-6-5-9-14(15)13-7-3-2-4-8-13/h2-10,16H,11H2,1H3,(H,22,23)(H,24,25,26)/t16-/m0/s1.